The van der Waals surface area contributed by atoms with E-state index in [1.54, 1.807) is 6.20 Å². The summed E-state index contributed by atoms with van der Waals surface area (Å²) in [5.41, 5.74) is 2.34. The predicted molar refractivity (Wildman–Crippen MR) is 61.9 cm³/mol. The van der Waals surface area contributed by atoms with Crippen LogP contribution in [0.15, 0.2) is 24.7 Å². The van der Waals surface area contributed by atoms with E-state index in [0.29, 0.717) is 6.04 Å². The largest absolute Gasteiger partial charge is 0.308 e. The maximum Gasteiger partial charge on any atom is 0.0560 e. The van der Waals surface area contributed by atoms with E-state index < -0.39 is 0 Å². The molecule has 0 radical (unpaired) electrons. The lowest BCUT2D eigenvalue weighted by Gasteiger charge is -2.13. The maximum atomic E-state index is 4.18. The van der Waals surface area contributed by atoms with Gasteiger partial charge in [-0.05, 0) is 19.9 Å². The highest BCUT2D eigenvalue weighted by Crippen LogP contribution is 2.02. The standard InChI is InChI=1S/C11H17N5/c1-9(8-16-5-3-4-14-16)12-6-11-7-13-15-10(11)2/h3-5,7,9,12H,6,8H2,1-2H3,(H,13,15)/t9-/m0/s1. The Balaban J connectivity index is 1.80. The van der Waals surface area contributed by atoms with Crippen molar-refractivity contribution in [3.8, 4) is 0 Å². The van der Waals surface area contributed by atoms with Crippen molar-refractivity contribution >= 4 is 0 Å². The first-order valence-electron chi connectivity index (χ1n) is 5.45. The van der Waals surface area contributed by atoms with Crippen LogP contribution in [-0.4, -0.2) is 26.0 Å². The molecule has 0 bridgehead atoms. The molecule has 0 unspecified atom stereocenters. The van der Waals surface area contributed by atoms with Gasteiger partial charge in [-0.15, -0.1) is 0 Å². The van der Waals surface area contributed by atoms with E-state index in [0.717, 1.165) is 18.8 Å². The second-order valence-electron chi connectivity index (χ2n) is 4.03. The molecule has 2 N–H and O–H groups in total. The number of aromatic amines is 1. The Labute approximate surface area is 94.9 Å². The van der Waals surface area contributed by atoms with Gasteiger partial charge in [0.05, 0.1) is 12.7 Å². The minimum atomic E-state index is 0.384. The topological polar surface area (TPSA) is 58.5 Å². The van der Waals surface area contributed by atoms with Gasteiger partial charge in [0.15, 0.2) is 0 Å². The molecule has 16 heavy (non-hydrogen) atoms. The lowest BCUT2D eigenvalue weighted by Crippen LogP contribution is -2.30. The molecule has 5 heteroatoms. The highest BCUT2D eigenvalue weighted by Gasteiger charge is 2.05. The van der Waals surface area contributed by atoms with Crippen LogP contribution in [0.3, 0.4) is 0 Å². The molecule has 5 nitrogen and oxygen atoms in total. The molecule has 0 aliphatic carbocycles. The Hall–Kier alpha value is -1.62. The molecule has 2 aromatic heterocycles. The Morgan fingerprint density at radius 1 is 1.56 bits per heavy atom. The smallest absolute Gasteiger partial charge is 0.0560 e. The van der Waals surface area contributed by atoms with Gasteiger partial charge in [-0.25, -0.2) is 0 Å². The molecule has 2 rings (SSSR count). The average molecular weight is 219 g/mol. The van der Waals surface area contributed by atoms with Crippen molar-refractivity contribution in [2.45, 2.75) is 33.0 Å². The monoisotopic (exact) mass is 219 g/mol. The molecule has 0 spiro atoms. The number of nitrogens with one attached hydrogen (secondary N) is 2. The normalized spacial score (nSPS) is 12.9. The molecule has 0 aromatic carbocycles. The summed E-state index contributed by atoms with van der Waals surface area (Å²) in [4.78, 5) is 0. The predicted octanol–water partition coefficient (Wildman–Crippen LogP) is 1.09. The first-order valence-corrected chi connectivity index (χ1v) is 5.45. The van der Waals surface area contributed by atoms with Crippen LogP contribution in [-0.2, 0) is 13.1 Å². The van der Waals surface area contributed by atoms with Crippen LogP contribution in [0.4, 0.5) is 0 Å². The first-order chi connectivity index (χ1) is 7.75. The quantitative estimate of drug-likeness (QED) is 0.791. The van der Waals surface area contributed by atoms with Gasteiger partial charge in [-0.3, -0.25) is 9.78 Å². The second-order valence-corrected chi connectivity index (χ2v) is 4.03. The summed E-state index contributed by atoms with van der Waals surface area (Å²) >= 11 is 0. The Morgan fingerprint density at radius 2 is 2.44 bits per heavy atom. The molecule has 0 fully saturated rings. The van der Waals surface area contributed by atoms with Crippen molar-refractivity contribution in [2.24, 2.45) is 0 Å². The van der Waals surface area contributed by atoms with E-state index >= 15 is 0 Å². The molecule has 0 saturated heterocycles. The first kappa shape index (κ1) is 10.9. The summed E-state index contributed by atoms with van der Waals surface area (Å²) in [6.07, 6.45) is 5.64. The van der Waals surface area contributed by atoms with Crippen molar-refractivity contribution in [2.75, 3.05) is 0 Å². The fourth-order valence-corrected chi connectivity index (χ4v) is 1.59. The third-order valence-electron chi connectivity index (χ3n) is 2.60. The highest BCUT2D eigenvalue weighted by atomic mass is 15.3. The molecule has 0 aliphatic rings. The van der Waals surface area contributed by atoms with Crippen molar-refractivity contribution in [1.29, 1.82) is 0 Å². The van der Waals surface area contributed by atoms with Gasteiger partial charge >= 0.3 is 0 Å². The molecule has 0 saturated carbocycles. The van der Waals surface area contributed by atoms with Crippen molar-refractivity contribution < 1.29 is 0 Å². The van der Waals surface area contributed by atoms with Gasteiger partial charge in [-0.2, -0.15) is 10.2 Å². The lowest BCUT2D eigenvalue weighted by molar-refractivity contribution is 0.450. The minimum absolute atomic E-state index is 0.384. The van der Waals surface area contributed by atoms with Crippen LogP contribution in [0, 0.1) is 6.92 Å². The highest BCUT2D eigenvalue weighted by molar-refractivity contribution is 5.13. The number of rotatable bonds is 5. The molecule has 86 valence electrons. The van der Waals surface area contributed by atoms with Crippen LogP contribution >= 0.6 is 0 Å². The van der Waals surface area contributed by atoms with Gasteiger partial charge in [0, 0.05) is 36.2 Å². The maximum absolute atomic E-state index is 4.18. The van der Waals surface area contributed by atoms with E-state index in [1.165, 1.54) is 5.56 Å². The lowest BCUT2D eigenvalue weighted by atomic mass is 10.2. The van der Waals surface area contributed by atoms with E-state index in [-0.39, 0.29) is 0 Å². The van der Waals surface area contributed by atoms with Gasteiger partial charge in [0.2, 0.25) is 0 Å². The average Bonchev–Trinajstić information content (AvgIpc) is 2.87. The summed E-state index contributed by atoms with van der Waals surface area (Å²) in [5.74, 6) is 0. The van der Waals surface area contributed by atoms with Crippen LogP contribution in [0.5, 0.6) is 0 Å². The summed E-state index contributed by atoms with van der Waals surface area (Å²) in [7, 11) is 0. The Bertz CT molecular complexity index is 417. The fraction of sp³-hybridized carbons (Fsp3) is 0.455. The number of aromatic nitrogens is 4. The van der Waals surface area contributed by atoms with Crippen molar-refractivity contribution in [3.05, 3.63) is 35.9 Å². The van der Waals surface area contributed by atoms with Gasteiger partial charge < -0.3 is 5.32 Å². The number of H-pyrrole nitrogens is 1. The third-order valence-corrected chi connectivity index (χ3v) is 2.60. The van der Waals surface area contributed by atoms with Gasteiger partial charge in [0.1, 0.15) is 0 Å². The third kappa shape index (κ3) is 2.70. The number of aryl methyl sites for hydroxylation is 1. The minimum Gasteiger partial charge on any atom is -0.308 e. The van der Waals surface area contributed by atoms with Crippen LogP contribution < -0.4 is 5.32 Å². The summed E-state index contributed by atoms with van der Waals surface area (Å²) in [5, 5.41) is 14.5. The van der Waals surface area contributed by atoms with Crippen LogP contribution in [0.25, 0.3) is 0 Å². The number of hydrogen-bond acceptors (Lipinski definition) is 3. The second kappa shape index (κ2) is 4.94. The number of nitrogens with zero attached hydrogens (tertiary/aromatic N) is 3. The summed E-state index contributed by atoms with van der Waals surface area (Å²) < 4.78 is 1.93. The summed E-state index contributed by atoms with van der Waals surface area (Å²) in [6, 6.07) is 2.32. The van der Waals surface area contributed by atoms with Crippen molar-refractivity contribution in [3.63, 3.8) is 0 Å². The van der Waals surface area contributed by atoms with Gasteiger partial charge in [0.25, 0.3) is 0 Å². The molecule has 0 aliphatic heterocycles. The molecule has 1 atom stereocenters. The Kier molecular flexibility index (Phi) is 3.36. The number of hydrogen-bond donors (Lipinski definition) is 2. The van der Waals surface area contributed by atoms with Crippen LogP contribution in [0.1, 0.15) is 18.2 Å². The Morgan fingerprint density at radius 3 is 3.06 bits per heavy atom. The van der Waals surface area contributed by atoms with E-state index in [1.807, 2.05) is 30.1 Å². The molecular weight excluding hydrogens is 202 g/mol. The van der Waals surface area contributed by atoms with Crippen LogP contribution in [0.2, 0.25) is 0 Å². The summed E-state index contributed by atoms with van der Waals surface area (Å²) in [6.45, 7) is 5.90. The molecule has 2 heterocycles. The van der Waals surface area contributed by atoms with Gasteiger partial charge in [-0.1, -0.05) is 0 Å². The SMILES string of the molecule is Cc1[nH]ncc1CN[C@@H](C)Cn1cccn1. The zero-order chi connectivity index (χ0) is 11.4. The molecular formula is C11H17N5. The van der Waals surface area contributed by atoms with E-state index in [9.17, 15) is 0 Å². The zero-order valence-corrected chi connectivity index (χ0v) is 9.64. The van der Waals surface area contributed by atoms with E-state index in [2.05, 4.69) is 27.5 Å². The zero-order valence-electron chi connectivity index (χ0n) is 9.64. The fourth-order valence-electron chi connectivity index (χ4n) is 1.59. The molecule has 2 aromatic rings. The van der Waals surface area contributed by atoms with E-state index in [4.69, 9.17) is 0 Å². The molecule has 0 amide bonds. The van der Waals surface area contributed by atoms with Crippen molar-refractivity contribution in [1.82, 2.24) is 25.3 Å².